The van der Waals surface area contributed by atoms with Crippen molar-refractivity contribution < 1.29 is 35.5 Å². The van der Waals surface area contributed by atoms with Crippen LogP contribution in [0.4, 0.5) is 17.6 Å². The highest BCUT2D eigenvalue weighted by atomic mass is 32.2. The van der Waals surface area contributed by atoms with E-state index in [1.54, 1.807) is 23.0 Å². The number of fused-ring (bicyclic) bond motifs is 1. The number of hydrogen-bond donors (Lipinski definition) is 0. The van der Waals surface area contributed by atoms with E-state index in [9.17, 15) is 30.8 Å². The second-order valence-corrected chi connectivity index (χ2v) is 9.14. The third-order valence-corrected chi connectivity index (χ3v) is 6.65. The van der Waals surface area contributed by atoms with E-state index in [0.717, 1.165) is 6.07 Å². The topological polar surface area (TPSA) is 90.6 Å². The summed E-state index contributed by atoms with van der Waals surface area (Å²) in [7, 11) is -4.19. The molecule has 0 aliphatic carbocycles. The van der Waals surface area contributed by atoms with Crippen molar-refractivity contribution >= 4 is 21.4 Å². The minimum absolute atomic E-state index is 0.153. The summed E-state index contributed by atoms with van der Waals surface area (Å²) < 4.78 is 81.4. The van der Waals surface area contributed by atoms with Crippen molar-refractivity contribution in [2.24, 2.45) is 0 Å². The summed E-state index contributed by atoms with van der Waals surface area (Å²) in [5.41, 5.74) is 1.09. The third-order valence-electron chi connectivity index (χ3n) is 4.88. The Kier molecular flexibility index (Phi) is 6.09. The Hall–Kier alpha value is -3.80. The van der Waals surface area contributed by atoms with Gasteiger partial charge >= 0.3 is 6.36 Å². The quantitative estimate of drug-likeness (QED) is 0.280. The van der Waals surface area contributed by atoms with Gasteiger partial charge in [0.1, 0.15) is 0 Å². The number of ether oxygens (including phenoxy) is 1. The molecule has 0 spiro atoms. The molecule has 0 amide bonds. The van der Waals surface area contributed by atoms with Gasteiger partial charge in [0, 0.05) is 31.2 Å². The lowest BCUT2D eigenvalue weighted by atomic mass is 10.0. The summed E-state index contributed by atoms with van der Waals surface area (Å²) in [5, 5.41) is 0. The SMILES string of the molecule is O=C(CCc1ccc(S(=O)(=O)c2ccc(OC(F)(F)F)c(F)c2)cc1)c1cnc2nccn2c1. The van der Waals surface area contributed by atoms with Crippen LogP contribution in [0.25, 0.3) is 5.78 Å². The van der Waals surface area contributed by atoms with Crippen LogP contribution in [-0.2, 0) is 16.3 Å². The number of alkyl halides is 3. The Morgan fingerprint density at radius 1 is 1.03 bits per heavy atom. The molecule has 0 aliphatic rings. The normalized spacial score (nSPS) is 12.1. The van der Waals surface area contributed by atoms with Gasteiger partial charge in [-0.2, -0.15) is 0 Å². The highest BCUT2D eigenvalue weighted by Crippen LogP contribution is 2.29. The average molecular weight is 493 g/mol. The van der Waals surface area contributed by atoms with E-state index in [0.29, 0.717) is 35.5 Å². The zero-order valence-corrected chi connectivity index (χ0v) is 18.0. The van der Waals surface area contributed by atoms with E-state index < -0.39 is 32.7 Å². The van der Waals surface area contributed by atoms with Gasteiger partial charge in [0.15, 0.2) is 17.3 Å². The number of ketones is 1. The maximum absolute atomic E-state index is 13.9. The molecule has 0 aliphatic heterocycles. The maximum Gasteiger partial charge on any atom is 0.573 e. The smallest absolute Gasteiger partial charge is 0.403 e. The van der Waals surface area contributed by atoms with Crippen molar-refractivity contribution in [2.75, 3.05) is 0 Å². The molecule has 4 aromatic rings. The molecule has 34 heavy (non-hydrogen) atoms. The van der Waals surface area contributed by atoms with E-state index in [2.05, 4.69) is 14.7 Å². The van der Waals surface area contributed by atoms with Gasteiger partial charge in [-0.25, -0.2) is 22.8 Å². The number of aromatic nitrogens is 3. The number of aryl methyl sites for hydroxylation is 1. The number of benzene rings is 2. The predicted molar refractivity (Wildman–Crippen MR) is 111 cm³/mol. The summed E-state index contributed by atoms with van der Waals surface area (Å²) in [6.45, 7) is 0. The summed E-state index contributed by atoms with van der Waals surface area (Å²) in [4.78, 5) is 19.8. The number of nitrogens with zero attached hydrogens (tertiary/aromatic N) is 3. The summed E-state index contributed by atoms with van der Waals surface area (Å²) in [5.74, 6) is -2.28. The highest BCUT2D eigenvalue weighted by Gasteiger charge is 2.33. The number of sulfone groups is 1. The van der Waals surface area contributed by atoms with E-state index in [1.807, 2.05) is 0 Å². The number of imidazole rings is 1. The van der Waals surface area contributed by atoms with Crippen molar-refractivity contribution in [3.8, 4) is 5.75 Å². The third kappa shape index (κ3) is 5.06. The summed E-state index contributed by atoms with van der Waals surface area (Å²) in [6.07, 6.45) is 1.66. The van der Waals surface area contributed by atoms with Gasteiger partial charge in [-0.1, -0.05) is 12.1 Å². The summed E-state index contributed by atoms with van der Waals surface area (Å²) >= 11 is 0. The minimum Gasteiger partial charge on any atom is -0.403 e. The van der Waals surface area contributed by atoms with Crippen LogP contribution in [0.5, 0.6) is 5.75 Å². The molecule has 176 valence electrons. The van der Waals surface area contributed by atoms with Crippen molar-refractivity contribution in [2.45, 2.75) is 29.0 Å². The lowest BCUT2D eigenvalue weighted by Gasteiger charge is -2.11. The van der Waals surface area contributed by atoms with Crippen LogP contribution in [0.2, 0.25) is 0 Å². The number of carbonyl (C=O) groups is 1. The fourth-order valence-electron chi connectivity index (χ4n) is 3.19. The van der Waals surface area contributed by atoms with E-state index >= 15 is 0 Å². The van der Waals surface area contributed by atoms with Crippen molar-refractivity contribution in [1.82, 2.24) is 14.4 Å². The largest absolute Gasteiger partial charge is 0.573 e. The predicted octanol–water partition coefficient (Wildman–Crippen LogP) is 4.42. The molecule has 0 unspecified atom stereocenters. The van der Waals surface area contributed by atoms with Gasteiger partial charge in [-0.15, -0.1) is 13.2 Å². The number of Topliss-reactive ketones (excluding diaryl/α,β-unsaturated/α-hetero) is 1. The van der Waals surface area contributed by atoms with Crippen LogP contribution < -0.4 is 4.74 Å². The van der Waals surface area contributed by atoms with Gasteiger partial charge in [-0.05, 0) is 42.3 Å². The zero-order chi connectivity index (χ0) is 24.5. The standard InChI is InChI=1S/C22H15F4N3O4S/c23-18-11-17(6-8-20(18)33-22(24,25)26)34(31,32)16-4-1-14(2-5-16)3-7-19(30)15-12-28-21-27-9-10-29(21)13-15/h1-2,4-6,8-13H,3,7H2. The van der Waals surface area contributed by atoms with Crippen molar-refractivity contribution in [3.63, 3.8) is 0 Å². The molecule has 2 aromatic heterocycles. The molecule has 0 saturated heterocycles. The number of carbonyl (C=O) groups excluding carboxylic acids is 1. The number of hydrogen-bond acceptors (Lipinski definition) is 6. The molecule has 0 N–H and O–H groups in total. The first-order chi connectivity index (χ1) is 16.0. The van der Waals surface area contributed by atoms with Crippen LogP contribution in [0.15, 0.2) is 77.0 Å². The molecule has 0 saturated carbocycles. The first-order valence-electron chi connectivity index (χ1n) is 9.74. The average Bonchev–Trinajstić information content (AvgIpc) is 3.26. The van der Waals surface area contributed by atoms with Crippen molar-refractivity contribution in [1.29, 1.82) is 0 Å². The molecule has 0 bridgehead atoms. The van der Waals surface area contributed by atoms with Crippen LogP contribution in [0.3, 0.4) is 0 Å². The highest BCUT2D eigenvalue weighted by molar-refractivity contribution is 7.91. The Morgan fingerprint density at radius 2 is 1.74 bits per heavy atom. The number of halogens is 4. The first kappa shape index (κ1) is 23.4. The first-order valence-corrected chi connectivity index (χ1v) is 11.2. The summed E-state index contributed by atoms with van der Waals surface area (Å²) in [6, 6.07) is 7.49. The molecular weight excluding hydrogens is 478 g/mol. The van der Waals surface area contributed by atoms with Gasteiger partial charge in [0.25, 0.3) is 0 Å². The van der Waals surface area contributed by atoms with Crippen LogP contribution in [0.1, 0.15) is 22.3 Å². The fraction of sp³-hybridized carbons (Fsp3) is 0.136. The Balaban J connectivity index is 1.45. The molecule has 7 nitrogen and oxygen atoms in total. The van der Waals surface area contributed by atoms with Gasteiger partial charge in [-0.3, -0.25) is 9.20 Å². The van der Waals surface area contributed by atoms with Crippen LogP contribution in [-0.4, -0.2) is 34.9 Å². The Labute approximate surface area is 190 Å². The zero-order valence-electron chi connectivity index (χ0n) is 17.2. The second-order valence-electron chi connectivity index (χ2n) is 7.19. The second kappa shape index (κ2) is 8.86. The fourth-order valence-corrected chi connectivity index (χ4v) is 4.46. The lowest BCUT2D eigenvalue weighted by molar-refractivity contribution is -0.275. The van der Waals surface area contributed by atoms with E-state index in [4.69, 9.17) is 0 Å². The molecule has 2 aromatic carbocycles. The van der Waals surface area contributed by atoms with Gasteiger partial charge in [0.2, 0.25) is 15.6 Å². The van der Waals surface area contributed by atoms with Gasteiger partial charge in [0.05, 0.1) is 15.4 Å². The molecule has 0 atom stereocenters. The molecular formula is C22H15F4N3O4S. The van der Waals surface area contributed by atoms with Crippen molar-refractivity contribution in [3.05, 3.63) is 84.2 Å². The van der Waals surface area contributed by atoms with E-state index in [-0.39, 0.29) is 17.1 Å². The van der Waals surface area contributed by atoms with Crippen LogP contribution >= 0.6 is 0 Å². The monoisotopic (exact) mass is 493 g/mol. The molecule has 12 heteroatoms. The molecule has 2 heterocycles. The molecule has 0 fully saturated rings. The minimum atomic E-state index is -5.11. The lowest BCUT2D eigenvalue weighted by Crippen LogP contribution is -2.18. The molecule has 4 rings (SSSR count). The molecule has 0 radical (unpaired) electrons. The van der Waals surface area contributed by atoms with Crippen LogP contribution in [0, 0.1) is 5.82 Å². The number of rotatable bonds is 7. The van der Waals surface area contributed by atoms with E-state index in [1.165, 1.54) is 30.5 Å². The Bertz CT molecular complexity index is 1470. The Morgan fingerprint density at radius 3 is 2.41 bits per heavy atom. The maximum atomic E-state index is 13.9. The van der Waals surface area contributed by atoms with Gasteiger partial charge < -0.3 is 4.74 Å².